The fourth-order valence-electron chi connectivity index (χ4n) is 3.77. The first kappa shape index (κ1) is 20.0. The fraction of sp³-hybridized carbons (Fsp3) is 0.333. The molecule has 6 nitrogen and oxygen atoms in total. The lowest BCUT2D eigenvalue weighted by atomic mass is 9.97. The van der Waals surface area contributed by atoms with Crippen LogP contribution in [0.2, 0.25) is 0 Å². The zero-order chi connectivity index (χ0) is 20.9. The number of amides is 1. The van der Waals surface area contributed by atoms with E-state index in [-0.39, 0.29) is 11.8 Å². The second kappa shape index (κ2) is 9.03. The van der Waals surface area contributed by atoms with Crippen molar-refractivity contribution in [1.29, 1.82) is 0 Å². The first-order valence-corrected chi connectivity index (χ1v) is 10.4. The van der Waals surface area contributed by atoms with Crippen LogP contribution in [0.4, 0.5) is 5.82 Å². The van der Waals surface area contributed by atoms with E-state index in [1.807, 2.05) is 30.3 Å². The molecule has 1 unspecified atom stereocenters. The Morgan fingerprint density at radius 3 is 2.73 bits per heavy atom. The SMILES string of the molecule is Cc1ccc(-c2ccc(N3CCCC(C(=O)NCc4ccccn4)C3)nn2)cc1C. The smallest absolute Gasteiger partial charge is 0.225 e. The molecule has 1 aliphatic heterocycles. The maximum atomic E-state index is 12.6. The maximum absolute atomic E-state index is 12.6. The van der Waals surface area contributed by atoms with E-state index in [1.54, 1.807) is 6.20 Å². The minimum Gasteiger partial charge on any atom is -0.354 e. The Balaban J connectivity index is 1.39. The summed E-state index contributed by atoms with van der Waals surface area (Å²) in [4.78, 5) is 19.1. The highest BCUT2D eigenvalue weighted by Gasteiger charge is 2.26. The number of rotatable bonds is 5. The van der Waals surface area contributed by atoms with Crippen LogP contribution in [0.15, 0.2) is 54.7 Å². The number of nitrogens with one attached hydrogen (secondary N) is 1. The van der Waals surface area contributed by atoms with Gasteiger partial charge in [0.15, 0.2) is 5.82 Å². The van der Waals surface area contributed by atoms with E-state index in [2.05, 4.69) is 57.4 Å². The molecular formula is C24H27N5O. The van der Waals surface area contributed by atoms with E-state index in [4.69, 9.17) is 0 Å². The molecule has 3 heterocycles. The lowest BCUT2D eigenvalue weighted by molar-refractivity contribution is -0.125. The molecule has 3 aromatic rings. The van der Waals surface area contributed by atoms with Gasteiger partial charge in [-0.15, -0.1) is 10.2 Å². The van der Waals surface area contributed by atoms with Crippen molar-refractivity contribution in [2.45, 2.75) is 33.2 Å². The van der Waals surface area contributed by atoms with Gasteiger partial charge in [0, 0.05) is 24.8 Å². The van der Waals surface area contributed by atoms with Crippen LogP contribution in [0.5, 0.6) is 0 Å². The summed E-state index contributed by atoms with van der Waals surface area (Å²) < 4.78 is 0. The largest absolute Gasteiger partial charge is 0.354 e. The molecule has 30 heavy (non-hydrogen) atoms. The molecule has 0 aliphatic carbocycles. The summed E-state index contributed by atoms with van der Waals surface area (Å²) in [6.07, 6.45) is 3.59. The summed E-state index contributed by atoms with van der Waals surface area (Å²) in [5.74, 6) is 0.846. The van der Waals surface area contributed by atoms with Gasteiger partial charge in [0.05, 0.1) is 23.9 Å². The van der Waals surface area contributed by atoms with Crippen molar-refractivity contribution in [2.24, 2.45) is 5.92 Å². The predicted octanol–water partition coefficient (Wildman–Crippen LogP) is 3.69. The van der Waals surface area contributed by atoms with Crippen LogP contribution < -0.4 is 10.2 Å². The third-order valence-electron chi connectivity index (χ3n) is 5.74. The summed E-state index contributed by atoms with van der Waals surface area (Å²) in [6.45, 7) is 6.22. The van der Waals surface area contributed by atoms with Crippen molar-refractivity contribution in [3.05, 3.63) is 71.5 Å². The number of hydrogen-bond donors (Lipinski definition) is 1. The molecule has 1 atom stereocenters. The van der Waals surface area contributed by atoms with Crippen molar-refractivity contribution in [3.8, 4) is 11.3 Å². The van der Waals surface area contributed by atoms with E-state index >= 15 is 0 Å². The lowest BCUT2D eigenvalue weighted by Gasteiger charge is -2.32. The van der Waals surface area contributed by atoms with Crippen molar-refractivity contribution in [3.63, 3.8) is 0 Å². The van der Waals surface area contributed by atoms with Crippen LogP contribution in [0.25, 0.3) is 11.3 Å². The summed E-state index contributed by atoms with van der Waals surface area (Å²) in [5.41, 5.74) is 5.32. The highest BCUT2D eigenvalue weighted by molar-refractivity contribution is 5.79. The number of hydrogen-bond acceptors (Lipinski definition) is 5. The second-order valence-electron chi connectivity index (χ2n) is 7.90. The second-order valence-corrected chi connectivity index (χ2v) is 7.90. The number of carbonyl (C=O) groups excluding carboxylic acids is 1. The van der Waals surface area contributed by atoms with Gasteiger partial charge < -0.3 is 10.2 Å². The number of piperidine rings is 1. The molecule has 154 valence electrons. The number of benzene rings is 1. The summed E-state index contributed by atoms with van der Waals surface area (Å²) >= 11 is 0. The Morgan fingerprint density at radius 2 is 2.00 bits per heavy atom. The molecule has 1 N–H and O–H groups in total. The minimum absolute atomic E-state index is 0.0521. The lowest BCUT2D eigenvalue weighted by Crippen LogP contribution is -2.43. The molecular weight excluding hydrogens is 374 g/mol. The van der Waals surface area contributed by atoms with Gasteiger partial charge in [-0.2, -0.15) is 0 Å². The van der Waals surface area contributed by atoms with E-state index in [0.29, 0.717) is 13.1 Å². The Bertz CT molecular complexity index is 1000. The van der Waals surface area contributed by atoms with Crippen LogP contribution in [0.1, 0.15) is 29.7 Å². The van der Waals surface area contributed by atoms with Crippen LogP contribution in [0.3, 0.4) is 0 Å². The van der Waals surface area contributed by atoms with Crippen LogP contribution >= 0.6 is 0 Å². The Kier molecular flexibility index (Phi) is 6.02. The van der Waals surface area contributed by atoms with Crippen molar-refractivity contribution in [1.82, 2.24) is 20.5 Å². The van der Waals surface area contributed by atoms with E-state index < -0.39 is 0 Å². The monoisotopic (exact) mass is 401 g/mol. The van der Waals surface area contributed by atoms with E-state index in [0.717, 1.165) is 42.2 Å². The first-order chi connectivity index (χ1) is 14.6. The Morgan fingerprint density at radius 1 is 1.10 bits per heavy atom. The summed E-state index contributed by atoms with van der Waals surface area (Å²) in [7, 11) is 0. The van der Waals surface area contributed by atoms with E-state index in [9.17, 15) is 4.79 Å². The van der Waals surface area contributed by atoms with Crippen molar-refractivity contribution in [2.75, 3.05) is 18.0 Å². The molecule has 0 spiro atoms. The molecule has 2 aromatic heterocycles. The third kappa shape index (κ3) is 4.64. The highest BCUT2D eigenvalue weighted by atomic mass is 16.1. The first-order valence-electron chi connectivity index (χ1n) is 10.4. The molecule has 4 rings (SSSR count). The maximum Gasteiger partial charge on any atom is 0.225 e. The summed E-state index contributed by atoms with van der Waals surface area (Å²) in [5, 5.41) is 11.9. The molecule has 1 amide bonds. The Labute approximate surface area is 177 Å². The minimum atomic E-state index is -0.0521. The molecule has 0 radical (unpaired) electrons. The fourth-order valence-corrected chi connectivity index (χ4v) is 3.77. The van der Waals surface area contributed by atoms with Gasteiger partial charge in [0.1, 0.15) is 0 Å². The quantitative estimate of drug-likeness (QED) is 0.706. The molecule has 1 aliphatic rings. The van der Waals surface area contributed by atoms with Gasteiger partial charge in [-0.1, -0.05) is 18.2 Å². The number of aromatic nitrogens is 3. The summed E-state index contributed by atoms with van der Waals surface area (Å²) in [6, 6.07) is 16.1. The normalized spacial score (nSPS) is 16.3. The van der Waals surface area contributed by atoms with Gasteiger partial charge in [-0.25, -0.2) is 0 Å². The van der Waals surface area contributed by atoms with Crippen LogP contribution in [-0.2, 0) is 11.3 Å². The van der Waals surface area contributed by atoms with Crippen LogP contribution in [0, 0.1) is 19.8 Å². The number of aryl methyl sites for hydroxylation is 2. The highest BCUT2D eigenvalue weighted by Crippen LogP contribution is 2.24. The van der Waals surface area contributed by atoms with Gasteiger partial charge >= 0.3 is 0 Å². The van der Waals surface area contributed by atoms with Gasteiger partial charge in [0.2, 0.25) is 5.91 Å². The number of carbonyl (C=O) groups is 1. The van der Waals surface area contributed by atoms with Crippen molar-refractivity contribution >= 4 is 11.7 Å². The number of nitrogens with zero attached hydrogens (tertiary/aromatic N) is 4. The number of pyridine rings is 1. The molecule has 6 heteroatoms. The van der Waals surface area contributed by atoms with Gasteiger partial charge in [-0.05, 0) is 68.1 Å². The molecule has 1 fully saturated rings. The van der Waals surface area contributed by atoms with Crippen LogP contribution in [-0.4, -0.2) is 34.2 Å². The molecule has 0 bridgehead atoms. The molecule has 1 saturated heterocycles. The number of anilines is 1. The van der Waals surface area contributed by atoms with Crippen molar-refractivity contribution < 1.29 is 4.79 Å². The third-order valence-corrected chi connectivity index (χ3v) is 5.74. The topological polar surface area (TPSA) is 71.0 Å². The Hall–Kier alpha value is -3.28. The zero-order valence-corrected chi connectivity index (χ0v) is 17.5. The zero-order valence-electron chi connectivity index (χ0n) is 17.5. The average molecular weight is 402 g/mol. The van der Waals surface area contributed by atoms with E-state index in [1.165, 1.54) is 11.1 Å². The predicted molar refractivity (Wildman–Crippen MR) is 118 cm³/mol. The van der Waals surface area contributed by atoms with Gasteiger partial charge in [0.25, 0.3) is 0 Å². The van der Waals surface area contributed by atoms with Gasteiger partial charge in [-0.3, -0.25) is 9.78 Å². The molecule has 0 saturated carbocycles. The molecule has 1 aromatic carbocycles. The average Bonchev–Trinajstić information content (AvgIpc) is 2.80. The standard InChI is InChI=1S/C24H27N5O/c1-17-8-9-19(14-18(17)2)22-10-11-23(28-27-22)29-13-5-6-20(16-29)24(30)26-15-21-7-3-4-12-25-21/h3-4,7-12,14,20H,5-6,13,15-16H2,1-2H3,(H,26,30).